The fourth-order valence-corrected chi connectivity index (χ4v) is 4.74. The van der Waals surface area contributed by atoms with E-state index in [1.54, 1.807) is 29.0 Å². The minimum Gasteiger partial charge on any atom is -0.497 e. The van der Waals surface area contributed by atoms with Gasteiger partial charge in [0, 0.05) is 40.0 Å². The lowest BCUT2D eigenvalue weighted by Gasteiger charge is -2.07. The van der Waals surface area contributed by atoms with Crippen molar-refractivity contribution in [3.63, 3.8) is 0 Å². The molecule has 41 heavy (non-hydrogen) atoms. The van der Waals surface area contributed by atoms with E-state index in [0.29, 0.717) is 28.3 Å². The second-order valence-corrected chi connectivity index (χ2v) is 9.67. The van der Waals surface area contributed by atoms with Gasteiger partial charge in [-0.25, -0.2) is 9.18 Å². The number of nitrogens with one attached hydrogen (secondary N) is 1. The van der Waals surface area contributed by atoms with E-state index >= 15 is 0 Å². The standard InChI is InChI=1S/C29H23FN4O6S/c1-38-21-11-17(12-22(14-21)39-2)27-32-33-29(40-27)41-25(28(36)37)13-18-15-34(24-6-4-3-5-23(18)24)16-26(35)31-20-9-7-19(30)8-10-20/h3-15H,16H2,1-2H3,(H,31,35)(H,36,37)/b25-13-. The molecule has 0 fully saturated rings. The molecule has 2 heterocycles. The highest BCUT2D eigenvalue weighted by Crippen LogP contribution is 2.34. The van der Waals surface area contributed by atoms with E-state index in [-0.39, 0.29) is 28.5 Å². The maximum Gasteiger partial charge on any atom is 0.342 e. The predicted molar refractivity (Wildman–Crippen MR) is 151 cm³/mol. The van der Waals surface area contributed by atoms with Crippen molar-refractivity contribution >= 4 is 46.3 Å². The second-order valence-electron chi connectivity index (χ2n) is 8.67. The van der Waals surface area contributed by atoms with Gasteiger partial charge in [0.05, 0.1) is 14.2 Å². The first-order valence-electron chi connectivity index (χ1n) is 12.2. The molecule has 2 aromatic heterocycles. The van der Waals surface area contributed by atoms with E-state index in [2.05, 4.69) is 15.5 Å². The largest absolute Gasteiger partial charge is 0.497 e. The molecule has 0 radical (unpaired) electrons. The maximum absolute atomic E-state index is 13.2. The Hall–Kier alpha value is -5.10. The molecule has 5 aromatic rings. The van der Waals surface area contributed by atoms with Gasteiger partial charge >= 0.3 is 5.97 Å². The second kappa shape index (κ2) is 12.0. The zero-order valence-electron chi connectivity index (χ0n) is 21.8. The Balaban J connectivity index is 1.40. The number of carbonyl (C=O) groups is 2. The van der Waals surface area contributed by atoms with Crippen LogP contribution in [0.1, 0.15) is 5.56 Å². The number of aliphatic carboxylic acids is 1. The molecule has 0 spiro atoms. The molecule has 0 unspecified atom stereocenters. The summed E-state index contributed by atoms with van der Waals surface area (Å²) in [5.74, 6) is -0.698. The number of aromatic nitrogens is 3. The lowest BCUT2D eigenvalue weighted by Crippen LogP contribution is -2.18. The molecule has 0 aliphatic rings. The van der Waals surface area contributed by atoms with Crippen LogP contribution in [0.2, 0.25) is 0 Å². The normalized spacial score (nSPS) is 11.4. The SMILES string of the molecule is COc1cc(OC)cc(-c2nnc(S/C(=C\c3cn(CC(=O)Nc4ccc(F)cc4)c4ccccc34)C(=O)O)o2)c1. The minimum absolute atomic E-state index is 0.0258. The highest BCUT2D eigenvalue weighted by atomic mass is 32.2. The van der Waals surface area contributed by atoms with Gasteiger partial charge in [-0.1, -0.05) is 18.2 Å². The third kappa shape index (κ3) is 6.39. The molecule has 0 saturated heterocycles. The Morgan fingerprint density at radius 2 is 1.76 bits per heavy atom. The van der Waals surface area contributed by atoms with Gasteiger partial charge in [-0.3, -0.25) is 4.79 Å². The highest BCUT2D eigenvalue weighted by molar-refractivity contribution is 8.03. The molecule has 1 amide bonds. The lowest BCUT2D eigenvalue weighted by atomic mass is 10.1. The quantitative estimate of drug-likeness (QED) is 0.159. The zero-order chi connectivity index (χ0) is 28.9. The monoisotopic (exact) mass is 574 g/mol. The van der Waals surface area contributed by atoms with E-state index in [0.717, 1.165) is 22.7 Å². The summed E-state index contributed by atoms with van der Waals surface area (Å²) in [6.07, 6.45) is 3.18. The maximum atomic E-state index is 13.2. The van der Waals surface area contributed by atoms with Gasteiger partial charge in [-0.05, 0) is 60.3 Å². The summed E-state index contributed by atoms with van der Waals surface area (Å²) in [6.45, 7) is -0.0434. The number of fused-ring (bicyclic) bond motifs is 1. The number of carbonyl (C=O) groups excluding carboxylic acids is 1. The molecule has 0 bridgehead atoms. The van der Waals surface area contributed by atoms with Crippen LogP contribution in [0.15, 0.2) is 87.5 Å². The van der Waals surface area contributed by atoms with Crippen LogP contribution in [-0.2, 0) is 16.1 Å². The molecule has 3 aromatic carbocycles. The van der Waals surface area contributed by atoms with Crippen molar-refractivity contribution < 1.29 is 33.0 Å². The van der Waals surface area contributed by atoms with Crippen molar-refractivity contribution in [2.24, 2.45) is 0 Å². The number of benzene rings is 3. The first kappa shape index (κ1) is 27.5. The average molecular weight is 575 g/mol. The Bertz CT molecular complexity index is 1740. The van der Waals surface area contributed by atoms with Crippen molar-refractivity contribution in [1.29, 1.82) is 0 Å². The number of hydrogen-bond acceptors (Lipinski definition) is 8. The van der Waals surface area contributed by atoms with Gasteiger partial charge in [-0.15, -0.1) is 10.2 Å². The molecule has 12 heteroatoms. The number of thioether (sulfide) groups is 1. The first-order valence-corrected chi connectivity index (χ1v) is 13.0. The molecule has 208 valence electrons. The van der Waals surface area contributed by atoms with Crippen molar-refractivity contribution in [2.45, 2.75) is 11.8 Å². The number of halogens is 1. The smallest absolute Gasteiger partial charge is 0.342 e. The summed E-state index contributed by atoms with van der Waals surface area (Å²) in [7, 11) is 3.04. The third-order valence-electron chi connectivity index (χ3n) is 5.96. The summed E-state index contributed by atoms with van der Waals surface area (Å²) in [5.41, 5.74) is 2.32. The summed E-state index contributed by atoms with van der Waals surface area (Å²) >= 11 is 0.801. The first-order chi connectivity index (χ1) is 19.8. The zero-order valence-corrected chi connectivity index (χ0v) is 22.6. The van der Waals surface area contributed by atoms with E-state index in [1.165, 1.54) is 44.6 Å². The van der Waals surface area contributed by atoms with E-state index in [1.807, 2.05) is 24.3 Å². The van der Waals surface area contributed by atoms with Crippen LogP contribution in [0, 0.1) is 5.82 Å². The van der Waals surface area contributed by atoms with Gasteiger partial charge in [0.1, 0.15) is 28.8 Å². The van der Waals surface area contributed by atoms with E-state index < -0.39 is 11.8 Å². The number of nitrogens with zero attached hydrogens (tertiary/aromatic N) is 3. The number of rotatable bonds is 10. The number of hydrogen-bond donors (Lipinski definition) is 2. The summed E-state index contributed by atoms with van der Waals surface area (Å²) < 4.78 is 31.2. The van der Waals surface area contributed by atoms with Crippen LogP contribution >= 0.6 is 11.8 Å². The Kier molecular flexibility index (Phi) is 8.01. The van der Waals surface area contributed by atoms with Gasteiger partial charge < -0.3 is 28.9 Å². The number of anilines is 1. The summed E-state index contributed by atoms with van der Waals surface area (Å²) in [6, 6.07) is 17.9. The van der Waals surface area contributed by atoms with Gasteiger partial charge in [-0.2, -0.15) is 0 Å². The highest BCUT2D eigenvalue weighted by Gasteiger charge is 2.19. The topological polar surface area (TPSA) is 129 Å². The molecule has 0 saturated carbocycles. The van der Waals surface area contributed by atoms with Crippen molar-refractivity contribution in [3.05, 3.63) is 89.2 Å². The number of para-hydroxylation sites is 1. The fourth-order valence-electron chi connectivity index (χ4n) is 4.08. The molecular weight excluding hydrogens is 551 g/mol. The van der Waals surface area contributed by atoms with Crippen LogP contribution in [0.3, 0.4) is 0 Å². The van der Waals surface area contributed by atoms with Crippen LogP contribution in [0.5, 0.6) is 11.5 Å². The summed E-state index contributed by atoms with van der Waals surface area (Å²) in [5, 5.41) is 21.5. The van der Waals surface area contributed by atoms with Gasteiger partial charge in [0.2, 0.25) is 11.8 Å². The van der Waals surface area contributed by atoms with Crippen LogP contribution in [-0.4, -0.2) is 46.0 Å². The number of carboxylic acids is 1. The minimum atomic E-state index is -1.19. The number of ether oxygens (including phenoxy) is 2. The number of amides is 1. The third-order valence-corrected chi connectivity index (χ3v) is 6.81. The summed E-state index contributed by atoms with van der Waals surface area (Å²) in [4.78, 5) is 24.8. The van der Waals surface area contributed by atoms with Crippen LogP contribution < -0.4 is 14.8 Å². The molecule has 0 aliphatic carbocycles. The molecule has 0 atom stereocenters. The molecular formula is C29H23FN4O6S. The van der Waals surface area contributed by atoms with Gasteiger partial charge in [0.15, 0.2) is 0 Å². The van der Waals surface area contributed by atoms with E-state index in [9.17, 15) is 19.1 Å². The molecule has 5 rings (SSSR count). The molecule has 2 N–H and O–H groups in total. The van der Waals surface area contributed by atoms with Crippen molar-refractivity contribution in [3.8, 4) is 23.0 Å². The van der Waals surface area contributed by atoms with Crippen LogP contribution in [0.25, 0.3) is 28.4 Å². The fraction of sp³-hybridized carbons (Fsp3) is 0.103. The van der Waals surface area contributed by atoms with E-state index in [4.69, 9.17) is 13.9 Å². The van der Waals surface area contributed by atoms with Crippen molar-refractivity contribution in [2.75, 3.05) is 19.5 Å². The average Bonchev–Trinajstić information content (AvgIpc) is 3.58. The van der Waals surface area contributed by atoms with Crippen LogP contribution in [0.4, 0.5) is 10.1 Å². The number of carboxylic acid groups (broad SMARTS) is 1. The van der Waals surface area contributed by atoms with Gasteiger partial charge in [0.25, 0.3) is 5.22 Å². The molecule has 10 nitrogen and oxygen atoms in total. The Morgan fingerprint density at radius 3 is 2.44 bits per heavy atom. The lowest BCUT2D eigenvalue weighted by molar-refractivity contribution is -0.131. The molecule has 0 aliphatic heterocycles. The van der Waals surface area contributed by atoms with Crippen molar-refractivity contribution in [1.82, 2.24) is 14.8 Å². The number of methoxy groups -OCH3 is 2. The Morgan fingerprint density at radius 1 is 1.05 bits per heavy atom. The Labute approximate surface area is 237 Å². The predicted octanol–water partition coefficient (Wildman–Crippen LogP) is 5.70.